The third-order valence-electron chi connectivity index (χ3n) is 3.59. The molecule has 20 heavy (non-hydrogen) atoms. The van der Waals surface area contributed by atoms with Crippen LogP contribution in [0.4, 0.5) is 0 Å². The van der Waals surface area contributed by atoms with E-state index in [9.17, 15) is 0 Å². The van der Waals surface area contributed by atoms with Gasteiger partial charge in [0.15, 0.2) is 0 Å². The first-order valence-corrected chi connectivity index (χ1v) is 6.80. The van der Waals surface area contributed by atoms with Crippen LogP contribution in [0.5, 0.6) is 0 Å². The maximum atomic E-state index is 4.58. The molecule has 2 nitrogen and oxygen atoms in total. The number of aromatic nitrogens is 2. The molecule has 0 saturated heterocycles. The molecular weight excluding hydrogens is 244 g/mol. The van der Waals surface area contributed by atoms with Crippen molar-refractivity contribution in [3.8, 4) is 22.5 Å². The fourth-order valence-corrected chi connectivity index (χ4v) is 2.40. The predicted octanol–water partition coefficient (Wildman–Crippen LogP) is 4.37. The first-order chi connectivity index (χ1) is 9.65. The van der Waals surface area contributed by atoms with Crippen molar-refractivity contribution in [2.45, 2.75) is 13.8 Å². The summed E-state index contributed by atoms with van der Waals surface area (Å²) in [5, 5.41) is 0. The van der Waals surface area contributed by atoms with Crippen LogP contribution in [0, 0.1) is 13.8 Å². The lowest BCUT2D eigenvalue weighted by Gasteiger charge is -2.07. The SMILES string of the molecule is Cc1ccc(-c2ncn(C)c2-c2ccc(C)cc2)cc1. The van der Waals surface area contributed by atoms with Crippen molar-refractivity contribution in [3.63, 3.8) is 0 Å². The predicted molar refractivity (Wildman–Crippen MR) is 83.6 cm³/mol. The van der Waals surface area contributed by atoms with Crippen molar-refractivity contribution in [2.75, 3.05) is 0 Å². The fourth-order valence-electron chi connectivity index (χ4n) is 2.40. The van der Waals surface area contributed by atoms with Gasteiger partial charge in [-0.05, 0) is 13.8 Å². The van der Waals surface area contributed by atoms with E-state index in [1.807, 2.05) is 13.4 Å². The molecule has 3 aromatic rings. The number of rotatable bonds is 2. The maximum absolute atomic E-state index is 4.58. The van der Waals surface area contributed by atoms with Crippen molar-refractivity contribution in [1.29, 1.82) is 0 Å². The molecule has 0 unspecified atom stereocenters. The van der Waals surface area contributed by atoms with Gasteiger partial charge in [-0.25, -0.2) is 4.98 Å². The molecular formula is C18H18N2. The second kappa shape index (κ2) is 4.97. The highest BCUT2D eigenvalue weighted by molar-refractivity contribution is 5.78. The summed E-state index contributed by atoms with van der Waals surface area (Å²) in [7, 11) is 2.04. The van der Waals surface area contributed by atoms with Crippen molar-refractivity contribution < 1.29 is 0 Å². The Bertz CT molecular complexity index is 719. The lowest BCUT2D eigenvalue weighted by Crippen LogP contribution is -1.91. The van der Waals surface area contributed by atoms with E-state index in [1.54, 1.807) is 0 Å². The van der Waals surface area contributed by atoms with Crippen LogP contribution in [-0.4, -0.2) is 9.55 Å². The van der Waals surface area contributed by atoms with E-state index in [-0.39, 0.29) is 0 Å². The molecule has 0 bridgehead atoms. The molecule has 2 heteroatoms. The summed E-state index contributed by atoms with van der Waals surface area (Å²) in [4.78, 5) is 4.58. The van der Waals surface area contributed by atoms with Gasteiger partial charge >= 0.3 is 0 Å². The monoisotopic (exact) mass is 262 g/mol. The molecule has 0 N–H and O–H groups in total. The molecule has 0 radical (unpaired) electrons. The van der Waals surface area contributed by atoms with E-state index in [0.717, 1.165) is 17.0 Å². The Balaban J connectivity index is 2.14. The highest BCUT2D eigenvalue weighted by Gasteiger charge is 2.12. The number of aryl methyl sites for hydroxylation is 3. The van der Waals surface area contributed by atoms with E-state index in [2.05, 4.69) is 71.9 Å². The van der Waals surface area contributed by atoms with E-state index in [1.165, 1.54) is 16.7 Å². The minimum atomic E-state index is 1.04. The van der Waals surface area contributed by atoms with Crippen molar-refractivity contribution in [1.82, 2.24) is 9.55 Å². The zero-order chi connectivity index (χ0) is 14.1. The molecule has 0 spiro atoms. The third-order valence-corrected chi connectivity index (χ3v) is 3.59. The molecule has 1 aromatic heterocycles. The van der Waals surface area contributed by atoms with Crippen molar-refractivity contribution in [2.24, 2.45) is 7.05 Å². The summed E-state index contributed by atoms with van der Waals surface area (Å²) >= 11 is 0. The van der Waals surface area contributed by atoms with Crippen molar-refractivity contribution >= 4 is 0 Å². The van der Waals surface area contributed by atoms with Crippen LogP contribution in [0.15, 0.2) is 54.9 Å². The molecule has 1 heterocycles. The van der Waals surface area contributed by atoms with E-state index in [4.69, 9.17) is 0 Å². The number of hydrogen-bond donors (Lipinski definition) is 0. The van der Waals surface area contributed by atoms with Gasteiger partial charge in [0.2, 0.25) is 0 Å². The zero-order valence-corrected chi connectivity index (χ0v) is 12.1. The molecule has 100 valence electrons. The highest BCUT2D eigenvalue weighted by atomic mass is 15.0. The largest absolute Gasteiger partial charge is 0.333 e. The molecule has 2 aromatic carbocycles. The molecule has 0 amide bonds. The van der Waals surface area contributed by atoms with Gasteiger partial charge in [0.05, 0.1) is 17.7 Å². The Hall–Kier alpha value is -2.35. The lowest BCUT2D eigenvalue weighted by atomic mass is 10.0. The molecule has 0 aliphatic heterocycles. The second-order valence-corrected chi connectivity index (χ2v) is 5.28. The fraction of sp³-hybridized carbons (Fsp3) is 0.167. The van der Waals surface area contributed by atoms with Gasteiger partial charge in [0, 0.05) is 18.2 Å². The number of benzene rings is 2. The van der Waals surface area contributed by atoms with Crippen LogP contribution in [0.1, 0.15) is 11.1 Å². The quantitative estimate of drug-likeness (QED) is 0.670. The third kappa shape index (κ3) is 2.25. The molecule has 0 aliphatic carbocycles. The van der Waals surface area contributed by atoms with Gasteiger partial charge in [-0.3, -0.25) is 0 Å². The zero-order valence-electron chi connectivity index (χ0n) is 12.1. The van der Waals surface area contributed by atoms with Crippen LogP contribution in [0.3, 0.4) is 0 Å². The molecule has 3 rings (SSSR count). The molecule has 0 saturated carbocycles. The molecule has 0 fully saturated rings. The average Bonchev–Trinajstić information content (AvgIpc) is 2.83. The Kier molecular flexibility index (Phi) is 3.15. The van der Waals surface area contributed by atoms with Gasteiger partial charge in [-0.15, -0.1) is 0 Å². The Morgan fingerprint density at radius 3 is 1.80 bits per heavy atom. The lowest BCUT2D eigenvalue weighted by molar-refractivity contribution is 0.921. The van der Waals surface area contributed by atoms with Crippen LogP contribution in [0.25, 0.3) is 22.5 Å². The first-order valence-electron chi connectivity index (χ1n) is 6.80. The van der Waals surface area contributed by atoms with E-state index >= 15 is 0 Å². The van der Waals surface area contributed by atoms with Gasteiger partial charge in [-0.1, -0.05) is 59.7 Å². The maximum Gasteiger partial charge on any atom is 0.0963 e. The van der Waals surface area contributed by atoms with E-state index in [0.29, 0.717) is 0 Å². The summed E-state index contributed by atoms with van der Waals surface area (Å²) in [6.07, 6.45) is 1.88. The van der Waals surface area contributed by atoms with Gasteiger partial charge in [0.25, 0.3) is 0 Å². The van der Waals surface area contributed by atoms with E-state index < -0.39 is 0 Å². The van der Waals surface area contributed by atoms with Gasteiger partial charge in [-0.2, -0.15) is 0 Å². The summed E-state index contributed by atoms with van der Waals surface area (Å²) in [5.41, 5.74) is 7.09. The highest BCUT2D eigenvalue weighted by Crippen LogP contribution is 2.30. The normalized spacial score (nSPS) is 10.8. The second-order valence-electron chi connectivity index (χ2n) is 5.28. The molecule has 0 atom stereocenters. The van der Waals surface area contributed by atoms with Gasteiger partial charge < -0.3 is 4.57 Å². The summed E-state index contributed by atoms with van der Waals surface area (Å²) in [6.45, 7) is 4.21. The smallest absolute Gasteiger partial charge is 0.0963 e. The van der Waals surface area contributed by atoms with Crippen LogP contribution < -0.4 is 0 Å². The van der Waals surface area contributed by atoms with Crippen LogP contribution in [0.2, 0.25) is 0 Å². The first kappa shape index (κ1) is 12.7. The Morgan fingerprint density at radius 2 is 1.25 bits per heavy atom. The molecule has 0 aliphatic rings. The van der Waals surface area contributed by atoms with Crippen LogP contribution >= 0.6 is 0 Å². The number of nitrogens with zero attached hydrogens (tertiary/aromatic N) is 2. The number of hydrogen-bond acceptors (Lipinski definition) is 1. The van der Waals surface area contributed by atoms with Crippen LogP contribution in [-0.2, 0) is 7.05 Å². The summed E-state index contributed by atoms with van der Waals surface area (Å²) in [5.74, 6) is 0. The standard InChI is InChI=1S/C18H18N2/c1-13-4-8-15(9-5-13)17-18(20(3)12-19-17)16-10-6-14(2)7-11-16/h4-12H,1-3H3. The Labute approximate surface area is 119 Å². The van der Waals surface area contributed by atoms with Gasteiger partial charge in [0.1, 0.15) is 0 Å². The summed E-state index contributed by atoms with van der Waals surface area (Å²) in [6, 6.07) is 17.1. The minimum absolute atomic E-state index is 1.04. The number of imidazole rings is 1. The average molecular weight is 262 g/mol. The summed E-state index contributed by atoms with van der Waals surface area (Å²) < 4.78 is 2.08. The Morgan fingerprint density at radius 1 is 0.750 bits per heavy atom. The topological polar surface area (TPSA) is 17.8 Å². The van der Waals surface area contributed by atoms with Crippen molar-refractivity contribution in [3.05, 3.63) is 66.0 Å². The minimum Gasteiger partial charge on any atom is -0.333 e.